The number of hydrogen-bond acceptors (Lipinski definition) is 3. The van der Waals surface area contributed by atoms with E-state index in [2.05, 4.69) is 22.2 Å². The van der Waals surface area contributed by atoms with E-state index in [0.717, 1.165) is 58.2 Å². The summed E-state index contributed by atoms with van der Waals surface area (Å²) in [6.45, 7) is 4.66. The molecule has 1 atom stereocenters. The topological polar surface area (TPSA) is 50.2 Å². The van der Waals surface area contributed by atoms with Crippen LogP contribution in [0.25, 0.3) is 0 Å². The van der Waals surface area contributed by atoms with Gasteiger partial charge in [-0.15, -0.1) is 0 Å². The van der Waals surface area contributed by atoms with Gasteiger partial charge in [0.05, 0.1) is 22.3 Å². The lowest BCUT2D eigenvalue weighted by molar-refractivity contribution is -0.128. The number of aromatic nitrogens is 2. The fraction of sp³-hybridized carbons (Fsp3) is 0.583. The van der Waals surface area contributed by atoms with Gasteiger partial charge in [0.25, 0.3) is 0 Å². The maximum atomic E-state index is 14.9. The zero-order valence-corrected chi connectivity index (χ0v) is 20.2. The third kappa shape index (κ3) is 4.97. The Morgan fingerprint density at radius 2 is 1.97 bits per heavy atom. The Hall–Kier alpha value is -1.63. The van der Waals surface area contributed by atoms with Crippen molar-refractivity contribution < 1.29 is 9.18 Å². The molecule has 0 unspecified atom stereocenters. The van der Waals surface area contributed by atoms with E-state index in [1.807, 2.05) is 19.4 Å². The number of likely N-dealkylation sites (tertiary alicyclic amines) is 1. The highest BCUT2D eigenvalue weighted by molar-refractivity contribution is 6.42. The minimum absolute atomic E-state index is 0.0143. The maximum Gasteiger partial charge on any atom is 0.223 e. The van der Waals surface area contributed by atoms with Gasteiger partial charge in [-0.1, -0.05) is 43.0 Å². The average Bonchev–Trinajstić information content (AvgIpc) is 3.39. The molecule has 4 rings (SSSR count). The van der Waals surface area contributed by atoms with E-state index < -0.39 is 11.9 Å². The predicted octanol–water partition coefficient (Wildman–Crippen LogP) is 5.52. The van der Waals surface area contributed by atoms with Crippen LogP contribution in [0.1, 0.15) is 62.6 Å². The van der Waals surface area contributed by atoms with E-state index in [1.54, 1.807) is 4.68 Å². The second-order valence-electron chi connectivity index (χ2n) is 9.63. The second kappa shape index (κ2) is 9.70. The summed E-state index contributed by atoms with van der Waals surface area (Å²) in [7, 11) is 1.91. The summed E-state index contributed by atoms with van der Waals surface area (Å²) in [5.41, 5.74) is 1.26. The molecule has 174 valence electrons. The summed E-state index contributed by atoms with van der Waals surface area (Å²) in [6, 6.07) is 2.33. The molecule has 1 aliphatic heterocycles. The zero-order valence-electron chi connectivity index (χ0n) is 18.7. The molecule has 2 heterocycles. The van der Waals surface area contributed by atoms with Crippen LogP contribution >= 0.6 is 23.2 Å². The van der Waals surface area contributed by atoms with Gasteiger partial charge in [-0.25, -0.2) is 4.39 Å². The van der Waals surface area contributed by atoms with Crippen LogP contribution < -0.4 is 5.32 Å². The molecule has 1 aliphatic carbocycles. The molecule has 0 radical (unpaired) electrons. The van der Waals surface area contributed by atoms with Crippen molar-refractivity contribution in [1.29, 1.82) is 0 Å². The second-order valence-corrected chi connectivity index (χ2v) is 10.4. The number of benzene rings is 1. The van der Waals surface area contributed by atoms with E-state index in [4.69, 9.17) is 23.2 Å². The lowest BCUT2D eigenvalue weighted by Gasteiger charge is -2.38. The van der Waals surface area contributed by atoms with Crippen molar-refractivity contribution in [2.75, 3.05) is 13.1 Å². The van der Waals surface area contributed by atoms with Crippen LogP contribution in [0.5, 0.6) is 0 Å². The summed E-state index contributed by atoms with van der Waals surface area (Å²) >= 11 is 12.7. The van der Waals surface area contributed by atoms with Gasteiger partial charge in [-0.3, -0.25) is 14.4 Å². The molecule has 2 aliphatic rings. The Kier molecular flexibility index (Phi) is 7.13. The summed E-state index contributed by atoms with van der Waals surface area (Å²) in [4.78, 5) is 15.7. The molecule has 8 heteroatoms. The first-order chi connectivity index (χ1) is 15.3. The predicted molar refractivity (Wildman–Crippen MR) is 125 cm³/mol. The number of piperidine rings is 1. The number of halogens is 3. The van der Waals surface area contributed by atoms with Gasteiger partial charge in [0.1, 0.15) is 5.82 Å². The largest absolute Gasteiger partial charge is 0.348 e. The molecule has 0 spiro atoms. The minimum Gasteiger partial charge on any atom is -0.348 e. The van der Waals surface area contributed by atoms with Crippen molar-refractivity contribution in [1.82, 2.24) is 20.0 Å². The van der Waals surface area contributed by atoms with Gasteiger partial charge in [0, 0.05) is 36.8 Å². The van der Waals surface area contributed by atoms with Crippen molar-refractivity contribution in [2.24, 2.45) is 18.4 Å². The maximum absolute atomic E-state index is 14.9. The lowest BCUT2D eigenvalue weighted by Crippen LogP contribution is -2.45. The Morgan fingerprint density at radius 1 is 1.28 bits per heavy atom. The van der Waals surface area contributed by atoms with Gasteiger partial charge in [0.2, 0.25) is 5.91 Å². The van der Waals surface area contributed by atoms with Crippen LogP contribution in [0.3, 0.4) is 0 Å². The van der Waals surface area contributed by atoms with E-state index in [0.29, 0.717) is 10.6 Å². The molecule has 5 nitrogen and oxygen atoms in total. The average molecular weight is 481 g/mol. The van der Waals surface area contributed by atoms with E-state index in [9.17, 15) is 9.18 Å². The number of nitrogens with zero attached hydrogens (tertiary/aromatic N) is 3. The van der Waals surface area contributed by atoms with E-state index in [1.165, 1.54) is 17.7 Å². The third-order valence-corrected chi connectivity index (χ3v) is 8.04. The van der Waals surface area contributed by atoms with Crippen LogP contribution in [0.2, 0.25) is 10.0 Å². The Labute approximate surface area is 199 Å². The molecule has 32 heavy (non-hydrogen) atoms. The highest BCUT2D eigenvalue weighted by Crippen LogP contribution is 2.50. The lowest BCUT2D eigenvalue weighted by atomic mass is 9.76. The standard InChI is InChI=1S/C24H31Cl2FN4O/c1-24(9-3-4-10-24)22(20-19(27)6-5-18(25)21(20)26)29-23(32)17-7-11-31(12-8-17)15-16-13-28-30(2)14-16/h5-6,13-14,17,22H,3-4,7-12,15H2,1-2H3,(H,29,32)/t22-/m1/s1. The number of carbonyl (C=O) groups is 1. The number of carbonyl (C=O) groups excluding carboxylic acids is 1. The van der Waals surface area contributed by atoms with Gasteiger partial charge < -0.3 is 5.32 Å². The minimum atomic E-state index is -0.489. The van der Waals surface area contributed by atoms with Gasteiger partial charge in [-0.2, -0.15) is 5.10 Å². The molecule has 1 N–H and O–H groups in total. The first-order valence-electron chi connectivity index (χ1n) is 11.4. The Bertz CT molecular complexity index is 965. The molecule has 1 amide bonds. The zero-order chi connectivity index (χ0) is 22.9. The van der Waals surface area contributed by atoms with Crippen molar-refractivity contribution in [3.63, 3.8) is 0 Å². The number of amides is 1. The monoisotopic (exact) mass is 480 g/mol. The van der Waals surface area contributed by atoms with Crippen LogP contribution in [0, 0.1) is 17.2 Å². The smallest absolute Gasteiger partial charge is 0.223 e. The number of nitrogens with one attached hydrogen (secondary N) is 1. The summed E-state index contributed by atoms with van der Waals surface area (Å²) in [5.74, 6) is -0.516. The number of hydrogen-bond donors (Lipinski definition) is 1. The molecular formula is C24H31Cl2FN4O. The van der Waals surface area contributed by atoms with Crippen molar-refractivity contribution in [2.45, 2.75) is 58.0 Å². The van der Waals surface area contributed by atoms with Crippen LogP contribution in [-0.2, 0) is 18.4 Å². The van der Waals surface area contributed by atoms with Crippen molar-refractivity contribution in [3.05, 3.63) is 51.5 Å². The van der Waals surface area contributed by atoms with Crippen molar-refractivity contribution in [3.8, 4) is 0 Å². The molecular weight excluding hydrogens is 450 g/mol. The van der Waals surface area contributed by atoms with Crippen LogP contribution in [-0.4, -0.2) is 33.7 Å². The molecule has 2 fully saturated rings. The SMILES string of the molecule is Cn1cc(CN2CCC(C(=O)N[C@H](c3c(F)ccc(Cl)c3Cl)C3(C)CCCC3)CC2)cn1. The van der Waals surface area contributed by atoms with Crippen LogP contribution in [0.4, 0.5) is 4.39 Å². The summed E-state index contributed by atoms with van der Waals surface area (Å²) < 4.78 is 16.8. The Morgan fingerprint density at radius 3 is 2.59 bits per heavy atom. The first-order valence-corrected chi connectivity index (χ1v) is 12.2. The third-order valence-electron chi connectivity index (χ3n) is 7.22. The van der Waals surface area contributed by atoms with E-state index >= 15 is 0 Å². The number of aryl methyl sites for hydroxylation is 1. The van der Waals surface area contributed by atoms with Gasteiger partial charge in [0.15, 0.2) is 0 Å². The highest BCUT2D eigenvalue weighted by Gasteiger charge is 2.42. The van der Waals surface area contributed by atoms with Gasteiger partial charge >= 0.3 is 0 Å². The number of rotatable bonds is 6. The quantitative estimate of drug-likeness (QED) is 0.554. The summed E-state index contributed by atoms with van der Waals surface area (Å²) in [5, 5.41) is 7.95. The molecule has 2 aromatic rings. The van der Waals surface area contributed by atoms with Gasteiger partial charge in [-0.05, 0) is 56.3 Å². The molecule has 1 saturated carbocycles. The van der Waals surface area contributed by atoms with E-state index in [-0.39, 0.29) is 22.3 Å². The Balaban J connectivity index is 1.46. The molecule has 1 aromatic heterocycles. The highest BCUT2D eigenvalue weighted by atomic mass is 35.5. The first kappa shape index (κ1) is 23.5. The molecule has 1 saturated heterocycles. The fourth-order valence-electron chi connectivity index (χ4n) is 5.30. The summed E-state index contributed by atoms with van der Waals surface area (Å²) in [6.07, 6.45) is 9.44. The van der Waals surface area contributed by atoms with Crippen molar-refractivity contribution >= 4 is 29.1 Å². The normalized spacial score (nSPS) is 20.4. The molecule has 1 aromatic carbocycles. The van der Waals surface area contributed by atoms with Crippen LogP contribution in [0.15, 0.2) is 24.5 Å². The molecule has 0 bridgehead atoms. The fourth-order valence-corrected chi connectivity index (χ4v) is 5.73.